The van der Waals surface area contributed by atoms with Crippen molar-refractivity contribution in [3.63, 3.8) is 0 Å². The number of aromatic nitrogens is 2. The van der Waals surface area contributed by atoms with E-state index >= 15 is 0 Å². The molecule has 16 heavy (non-hydrogen) atoms. The van der Waals surface area contributed by atoms with Crippen LogP contribution in [0.25, 0.3) is 0 Å². The van der Waals surface area contributed by atoms with Gasteiger partial charge in [0.1, 0.15) is 5.01 Å². The third-order valence-electron chi connectivity index (χ3n) is 2.35. The van der Waals surface area contributed by atoms with Crippen LogP contribution in [0.15, 0.2) is 22.2 Å². The van der Waals surface area contributed by atoms with Crippen molar-refractivity contribution in [2.45, 2.75) is 32.9 Å². The summed E-state index contributed by atoms with van der Waals surface area (Å²) in [5.74, 6) is 0.849. The van der Waals surface area contributed by atoms with Crippen LogP contribution >= 0.6 is 11.3 Å². The van der Waals surface area contributed by atoms with Gasteiger partial charge in [0, 0.05) is 17.6 Å². The molecule has 2 aromatic rings. The average molecular weight is 237 g/mol. The van der Waals surface area contributed by atoms with Gasteiger partial charge in [-0.1, -0.05) is 5.16 Å². The van der Waals surface area contributed by atoms with Gasteiger partial charge in [-0.15, -0.1) is 11.3 Å². The van der Waals surface area contributed by atoms with Crippen LogP contribution in [0.4, 0.5) is 0 Å². The molecule has 86 valence electrons. The maximum absolute atomic E-state index is 5.15. The summed E-state index contributed by atoms with van der Waals surface area (Å²) >= 11 is 1.65. The van der Waals surface area contributed by atoms with Gasteiger partial charge < -0.3 is 4.52 Å². The van der Waals surface area contributed by atoms with E-state index in [9.17, 15) is 0 Å². The van der Waals surface area contributed by atoms with Gasteiger partial charge in [-0.05, 0) is 20.8 Å². The Morgan fingerprint density at radius 1 is 1.50 bits per heavy atom. The Morgan fingerprint density at radius 2 is 2.31 bits per heavy atom. The van der Waals surface area contributed by atoms with Gasteiger partial charge in [0.15, 0.2) is 5.76 Å². The van der Waals surface area contributed by atoms with E-state index in [1.807, 2.05) is 24.6 Å². The molecule has 0 atom stereocenters. The minimum Gasteiger partial charge on any atom is -0.360 e. The monoisotopic (exact) mass is 237 g/mol. The second-order valence-electron chi connectivity index (χ2n) is 4.25. The zero-order valence-electron chi connectivity index (χ0n) is 9.65. The summed E-state index contributed by atoms with van der Waals surface area (Å²) in [6.45, 7) is 6.79. The maximum Gasteiger partial charge on any atom is 0.150 e. The van der Waals surface area contributed by atoms with Gasteiger partial charge in [0.25, 0.3) is 0 Å². The van der Waals surface area contributed by atoms with Crippen LogP contribution < -0.4 is 5.32 Å². The standard InChI is InChI=1S/C11H15N3OS/c1-8-6-9(15-14-8)7-13-11(2,3)10-12-4-5-16-10/h4-6,13H,7H2,1-3H3. The molecule has 2 aromatic heterocycles. The van der Waals surface area contributed by atoms with Crippen molar-refractivity contribution < 1.29 is 4.52 Å². The molecular formula is C11H15N3OS. The number of thiazole rings is 1. The maximum atomic E-state index is 5.15. The molecule has 1 N–H and O–H groups in total. The van der Waals surface area contributed by atoms with Crippen molar-refractivity contribution in [2.75, 3.05) is 0 Å². The summed E-state index contributed by atoms with van der Waals surface area (Å²) < 4.78 is 5.15. The summed E-state index contributed by atoms with van der Waals surface area (Å²) in [5, 5.41) is 10.3. The number of nitrogens with one attached hydrogen (secondary N) is 1. The molecule has 0 saturated heterocycles. The van der Waals surface area contributed by atoms with E-state index in [4.69, 9.17) is 4.52 Å². The van der Waals surface area contributed by atoms with Crippen LogP contribution in [0.3, 0.4) is 0 Å². The summed E-state index contributed by atoms with van der Waals surface area (Å²) in [4.78, 5) is 4.32. The Morgan fingerprint density at radius 3 is 2.88 bits per heavy atom. The fourth-order valence-electron chi connectivity index (χ4n) is 1.42. The number of hydrogen-bond acceptors (Lipinski definition) is 5. The van der Waals surface area contributed by atoms with Crippen LogP contribution in [0, 0.1) is 6.92 Å². The quantitative estimate of drug-likeness (QED) is 0.887. The largest absolute Gasteiger partial charge is 0.360 e. The van der Waals surface area contributed by atoms with Crippen molar-refractivity contribution in [3.8, 4) is 0 Å². The van der Waals surface area contributed by atoms with E-state index in [1.54, 1.807) is 11.3 Å². The molecule has 5 heteroatoms. The molecular weight excluding hydrogens is 222 g/mol. The van der Waals surface area contributed by atoms with Crippen LogP contribution in [0.2, 0.25) is 0 Å². The van der Waals surface area contributed by atoms with Crippen LogP contribution in [-0.4, -0.2) is 10.1 Å². The molecule has 0 radical (unpaired) electrons. The SMILES string of the molecule is Cc1cc(CNC(C)(C)c2nccs2)on1. The Hall–Kier alpha value is -1.20. The fraction of sp³-hybridized carbons (Fsp3) is 0.455. The lowest BCUT2D eigenvalue weighted by Gasteiger charge is -2.22. The molecule has 0 unspecified atom stereocenters. The number of hydrogen-bond donors (Lipinski definition) is 1. The summed E-state index contributed by atoms with van der Waals surface area (Å²) in [6, 6.07) is 1.94. The zero-order chi connectivity index (χ0) is 11.6. The van der Waals surface area contributed by atoms with Crippen LogP contribution in [-0.2, 0) is 12.1 Å². The van der Waals surface area contributed by atoms with E-state index in [0.29, 0.717) is 6.54 Å². The highest BCUT2D eigenvalue weighted by Gasteiger charge is 2.22. The highest BCUT2D eigenvalue weighted by molar-refractivity contribution is 7.09. The van der Waals surface area contributed by atoms with Gasteiger partial charge in [-0.2, -0.15) is 0 Å². The first-order valence-corrected chi connectivity index (χ1v) is 6.03. The molecule has 0 saturated carbocycles. The first kappa shape index (κ1) is 11.3. The third-order valence-corrected chi connectivity index (χ3v) is 3.45. The molecule has 0 aliphatic heterocycles. The smallest absolute Gasteiger partial charge is 0.150 e. The predicted molar refractivity (Wildman–Crippen MR) is 63.2 cm³/mol. The lowest BCUT2D eigenvalue weighted by molar-refractivity contribution is 0.331. The predicted octanol–water partition coefficient (Wildman–Crippen LogP) is 2.46. The second kappa shape index (κ2) is 4.35. The van der Waals surface area contributed by atoms with E-state index in [0.717, 1.165) is 16.5 Å². The van der Waals surface area contributed by atoms with Gasteiger partial charge in [0.2, 0.25) is 0 Å². The highest BCUT2D eigenvalue weighted by atomic mass is 32.1. The van der Waals surface area contributed by atoms with Gasteiger partial charge in [-0.3, -0.25) is 5.32 Å². The molecule has 0 fully saturated rings. The number of aryl methyl sites for hydroxylation is 1. The topological polar surface area (TPSA) is 51.0 Å². The first-order chi connectivity index (χ1) is 7.58. The Labute approximate surface area is 98.7 Å². The lowest BCUT2D eigenvalue weighted by atomic mass is 10.1. The zero-order valence-corrected chi connectivity index (χ0v) is 10.5. The first-order valence-electron chi connectivity index (χ1n) is 5.15. The van der Waals surface area contributed by atoms with Gasteiger partial charge in [0.05, 0.1) is 17.8 Å². The lowest BCUT2D eigenvalue weighted by Crippen LogP contribution is -2.35. The number of nitrogens with zero attached hydrogens (tertiary/aromatic N) is 2. The van der Waals surface area contributed by atoms with E-state index in [2.05, 4.69) is 29.3 Å². The van der Waals surface area contributed by atoms with Crippen LogP contribution in [0.1, 0.15) is 30.3 Å². The summed E-state index contributed by atoms with van der Waals surface area (Å²) in [6.07, 6.45) is 1.82. The van der Waals surface area contributed by atoms with Crippen molar-refractivity contribution in [1.82, 2.24) is 15.5 Å². The Kier molecular flexibility index (Phi) is 3.07. The summed E-state index contributed by atoms with van der Waals surface area (Å²) in [5.41, 5.74) is 0.762. The fourth-order valence-corrected chi connectivity index (χ4v) is 2.15. The molecule has 0 aliphatic rings. The molecule has 2 heterocycles. The van der Waals surface area contributed by atoms with E-state index < -0.39 is 0 Å². The van der Waals surface area contributed by atoms with Gasteiger partial charge in [-0.25, -0.2) is 4.98 Å². The molecule has 0 spiro atoms. The molecule has 4 nitrogen and oxygen atoms in total. The third kappa shape index (κ3) is 2.48. The van der Waals surface area contributed by atoms with Crippen LogP contribution in [0.5, 0.6) is 0 Å². The molecule has 0 aromatic carbocycles. The Bertz CT molecular complexity index is 448. The van der Waals surface area contributed by atoms with Crippen molar-refractivity contribution in [1.29, 1.82) is 0 Å². The van der Waals surface area contributed by atoms with Gasteiger partial charge >= 0.3 is 0 Å². The molecule has 2 rings (SSSR count). The summed E-state index contributed by atoms with van der Waals surface area (Å²) in [7, 11) is 0. The molecule has 0 bridgehead atoms. The molecule has 0 aliphatic carbocycles. The second-order valence-corrected chi connectivity index (χ2v) is 5.14. The minimum atomic E-state index is -0.144. The number of rotatable bonds is 4. The van der Waals surface area contributed by atoms with Crippen molar-refractivity contribution in [3.05, 3.63) is 34.1 Å². The normalized spacial score (nSPS) is 11.9. The average Bonchev–Trinajstić information content (AvgIpc) is 2.85. The van der Waals surface area contributed by atoms with Crippen molar-refractivity contribution >= 4 is 11.3 Å². The van der Waals surface area contributed by atoms with Crippen molar-refractivity contribution in [2.24, 2.45) is 0 Å². The minimum absolute atomic E-state index is 0.144. The Balaban J connectivity index is 2.00. The van der Waals surface area contributed by atoms with E-state index in [1.165, 1.54) is 0 Å². The van der Waals surface area contributed by atoms with E-state index in [-0.39, 0.29) is 5.54 Å². The molecule has 0 amide bonds. The highest BCUT2D eigenvalue weighted by Crippen LogP contribution is 2.22.